The summed E-state index contributed by atoms with van der Waals surface area (Å²) in [4.78, 5) is 10.3. The fraction of sp³-hybridized carbons (Fsp3) is 0.733. The minimum absolute atomic E-state index is 0.0615. The fourth-order valence-electron chi connectivity index (χ4n) is 2.45. The maximum atomic E-state index is 12.6. The minimum Gasteiger partial charge on any atom is -0.356 e. The monoisotopic (exact) mass is 348 g/mol. The smallest absolute Gasteiger partial charge is 0.356 e. The van der Waals surface area contributed by atoms with E-state index in [1.807, 2.05) is 6.92 Å². The molecule has 1 aromatic heterocycles. The van der Waals surface area contributed by atoms with Crippen molar-refractivity contribution in [1.29, 1.82) is 0 Å². The molecule has 0 bridgehead atoms. The second-order valence-electron chi connectivity index (χ2n) is 6.82. The van der Waals surface area contributed by atoms with Crippen LogP contribution in [0.25, 0.3) is 0 Å². The van der Waals surface area contributed by atoms with Crippen LogP contribution in [0.15, 0.2) is 10.4 Å². The van der Waals surface area contributed by atoms with E-state index >= 15 is 0 Å². The molecule has 1 N–H and O–H groups in total. The summed E-state index contributed by atoms with van der Waals surface area (Å²) in [6.45, 7) is 12.4. The zero-order chi connectivity index (χ0) is 17.5. The zero-order valence-electron chi connectivity index (χ0n) is 14.1. The molecule has 0 unspecified atom stereocenters. The lowest BCUT2D eigenvalue weighted by molar-refractivity contribution is -0.140. The van der Waals surface area contributed by atoms with Gasteiger partial charge in [-0.1, -0.05) is 13.8 Å². The Balaban J connectivity index is 2.13. The van der Waals surface area contributed by atoms with Crippen LogP contribution in [-0.2, 0) is 12.7 Å². The number of rotatable bonds is 3. The number of nitrogens with zero attached hydrogens (tertiary/aromatic N) is 3. The maximum Gasteiger partial charge on any atom is 0.434 e. The number of thiazole rings is 1. The van der Waals surface area contributed by atoms with Gasteiger partial charge < -0.3 is 10.2 Å². The van der Waals surface area contributed by atoms with Gasteiger partial charge in [-0.05, 0) is 20.8 Å². The minimum atomic E-state index is -4.40. The van der Waals surface area contributed by atoms with Gasteiger partial charge in [0, 0.05) is 29.4 Å². The van der Waals surface area contributed by atoms with Crippen LogP contribution in [0.3, 0.4) is 0 Å². The van der Waals surface area contributed by atoms with E-state index in [9.17, 15) is 13.2 Å². The van der Waals surface area contributed by atoms with Gasteiger partial charge in [0.2, 0.25) is 0 Å². The molecular weight excluding hydrogens is 325 g/mol. The predicted molar refractivity (Wildman–Crippen MR) is 86.5 cm³/mol. The van der Waals surface area contributed by atoms with Gasteiger partial charge in [-0.3, -0.25) is 0 Å². The van der Waals surface area contributed by atoms with E-state index in [1.54, 1.807) is 0 Å². The highest BCUT2D eigenvalue weighted by Crippen LogP contribution is 2.46. The Kier molecular flexibility index (Phi) is 4.67. The lowest BCUT2D eigenvalue weighted by atomic mass is 9.65. The highest BCUT2D eigenvalue weighted by atomic mass is 32.1. The summed E-state index contributed by atoms with van der Waals surface area (Å²) in [5, 5.41) is 4.62. The normalized spacial score (nSPS) is 20.3. The highest BCUT2D eigenvalue weighted by molar-refractivity contribution is 7.09. The van der Waals surface area contributed by atoms with Crippen molar-refractivity contribution >= 4 is 17.3 Å². The molecule has 130 valence electrons. The number of likely N-dealkylation sites (tertiary alicyclic amines) is 1. The number of nitrogens with one attached hydrogen (secondary N) is 1. The van der Waals surface area contributed by atoms with Crippen molar-refractivity contribution in [3.8, 4) is 0 Å². The largest absolute Gasteiger partial charge is 0.434 e. The van der Waals surface area contributed by atoms with Crippen LogP contribution in [0.5, 0.6) is 0 Å². The molecule has 1 aliphatic rings. The zero-order valence-corrected chi connectivity index (χ0v) is 14.9. The Hall–Kier alpha value is -1.31. The second-order valence-corrected chi connectivity index (χ2v) is 7.77. The standard InChI is InChI=1S/C15H23F3N4S/c1-6-19-12(22-9-13(2,3)14(22,4)5)20-7-11-21-10(8-23-11)15(16,17)18/h8H,6-7,9H2,1-5H3,(H,19,20). The maximum absolute atomic E-state index is 12.6. The SMILES string of the molecule is CCNC(=NCc1nc(C(F)(F)F)cs1)N1CC(C)(C)C1(C)C. The molecule has 0 aliphatic carbocycles. The van der Waals surface area contributed by atoms with E-state index in [1.165, 1.54) is 0 Å². The quantitative estimate of drug-likeness (QED) is 0.668. The number of aromatic nitrogens is 1. The van der Waals surface area contributed by atoms with Crippen LogP contribution < -0.4 is 5.32 Å². The van der Waals surface area contributed by atoms with E-state index in [0.717, 1.165) is 29.2 Å². The highest BCUT2D eigenvalue weighted by Gasteiger charge is 2.53. The van der Waals surface area contributed by atoms with Crippen molar-refractivity contribution in [3.05, 3.63) is 16.1 Å². The molecule has 0 atom stereocenters. The van der Waals surface area contributed by atoms with E-state index < -0.39 is 11.9 Å². The molecule has 1 saturated heterocycles. The molecule has 1 aliphatic heterocycles. The van der Waals surface area contributed by atoms with E-state index in [-0.39, 0.29) is 17.5 Å². The van der Waals surface area contributed by atoms with Gasteiger partial charge in [0.15, 0.2) is 11.7 Å². The van der Waals surface area contributed by atoms with E-state index in [4.69, 9.17) is 0 Å². The summed E-state index contributed by atoms with van der Waals surface area (Å²) in [5.74, 6) is 0.723. The lowest BCUT2D eigenvalue weighted by Crippen LogP contribution is -2.72. The first-order valence-electron chi connectivity index (χ1n) is 7.56. The van der Waals surface area contributed by atoms with Crippen LogP contribution in [0.2, 0.25) is 0 Å². The topological polar surface area (TPSA) is 40.5 Å². The summed E-state index contributed by atoms with van der Waals surface area (Å²) < 4.78 is 37.8. The van der Waals surface area contributed by atoms with Crippen LogP contribution >= 0.6 is 11.3 Å². The van der Waals surface area contributed by atoms with Crippen molar-refractivity contribution in [2.75, 3.05) is 13.1 Å². The van der Waals surface area contributed by atoms with Crippen molar-refractivity contribution in [1.82, 2.24) is 15.2 Å². The molecule has 8 heteroatoms. The van der Waals surface area contributed by atoms with Crippen molar-refractivity contribution in [3.63, 3.8) is 0 Å². The third-order valence-electron chi connectivity index (χ3n) is 4.68. The molecule has 0 radical (unpaired) electrons. The molecule has 1 fully saturated rings. The molecule has 4 nitrogen and oxygen atoms in total. The second kappa shape index (κ2) is 5.96. The summed E-state index contributed by atoms with van der Waals surface area (Å²) >= 11 is 0.989. The fourth-order valence-corrected chi connectivity index (χ4v) is 3.18. The van der Waals surface area contributed by atoms with Gasteiger partial charge in [0.25, 0.3) is 0 Å². The van der Waals surface area contributed by atoms with Gasteiger partial charge in [0.05, 0.1) is 6.54 Å². The number of halogens is 3. The van der Waals surface area contributed by atoms with Crippen LogP contribution in [-0.4, -0.2) is 34.5 Å². The first-order valence-corrected chi connectivity index (χ1v) is 8.44. The third kappa shape index (κ3) is 3.46. The van der Waals surface area contributed by atoms with Gasteiger partial charge in [-0.2, -0.15) is 13.2 Å². The van der Waals surface area contributed by atoms with Gasteiger partial charge in [-0.15, -0.1) is 11.3 Å². The van der Waals surface area contributed by atoms with E-state index in [2.05, 4.69) is 47.9 Å². The Morgan fingerprint density at radius 2 is 2.04 bits per heavy atom. The number of guanidine groups is 1. The van der Waals surface area contributed by atoms with Crippen molar-refractivity contribution < 1.29 is 13.2 Å². The molecule has 0 amide bonds. The summed E-state index contributed by atoms with van der Waals surface area (Å²) in [6, 6.07) is 0. The molecule has 0 saturated carbocycles. The average molecular weight is 348 g/mol. The van der Waals surface area contributed by atoms with Gasteiger partial charge >= 0.3 is 6.18 Å². The summed E-state index contributed by atoms with van der Waals surface area (Å²) in [7, 11) is 0. The molecule has 2 rings (SSSR count). The number of hydrogen-bond donors (Lipinski definition) is 1. The predicted octanol–water partition coefficient (Wildman–Crippen LogP) is 3.75. The average Bonchev–Trinajstić information content (AvgIpc) is 2.90. The Morgan fingerprint density at radius 1 is 1.39 bits per heavy atom. The third-order valence-corrected chi connectivity index (χ3v) is 5.51. The van der Waals surface area contributed by atoms with Crippen LogP contribution in [0.4, 0.5) is 13.2 Å². The number of aliphatic imine (C=N–C) groups is 1. The van der Waals surface area contributed by atoms with E-state index in [0.29, 0.717) is 11.6 Å². The molecular formula is C15H23F3N4S. The van der Waals surface area contributed by atoms with Crippen LogP contribution in [0.1, 0.15) is 45.3 Å². The Labute approximate surface area is 138 Å². The molecule has 23 heavy (non-hydrogen) atoms. The summed E-state index contributed by atoms with van der Waals surface area (Å²) in [6.07, 6.45) is -4.40. The number of hydrogen-bond acceptors (Lipinski definition) is 3. The summed E-state index contributed by atoms with van der Waals surface area (Å²) in [5.41, 5.74) is -0.745. The molecule has 1 aromatic rings. The Bertz CT molecular complexity index is 590. The van der Waals surface area contributed by atoms with Crippen molar-refractivity contribution in [2.24, 2.45) is 10.4 Å². The number of alkyl halides is 3. The first kappa shape index (κ1) is 18.0. The molecule has 0 aromatic carbocycles. The van der Waals surface area contributed by atoms with Crippen LogP contribution in [0, 0.1) is 5.41 Å². The molecule has 2 heterocycles. The lowest BCUT2D eigenvalue weighted by Gasteiger charge is -2.62. The Morgan fingerprint density at radius 3 is 2.48 bits per heavy atom. The molecule has 0 spiro atoms. The van der Waals surface area contributed by atoms with Crippen molar-refractivity contribution in [2.45, 2.75) is 52.9 Å². The first-order chi connectivity index (χ1) is 10.5. The van der Waals surface area contributed by atoms with Gasteiger partial charge in [-0.25, -0.2) is 9.98 Å². The van der Waals surface area contributed by atoms with Gasteiger partial charge in [0.1, 0.15) is 5.01 Å².